The highest BCUT2D eigenvalue weighted by Crippen LogP contribution is 2.35. The summed E-state index contributed by atoms with van der Waals surface area (Å²) in [6.45, 7) is 2.11. The van der Waals surface area contributed by atoms with Gasteiger partial charge in [0.1, 0.15) is 11.5 Å². The summed E-state index contributed by atoms with van der Waals surface area (Å²) in [5.74, 6) is 0.811. The molecule has 27 heavy (non-hydrogen) atoms. The fourth-order valence-corrected chi connectivity index (χ4v) is 3.00. The van der Waals surface area contributed by atoms with Crippen molar-refractivity contribution in [1.82, 2.24) is 10.3 Å². The molecule has 1 aliphatic heterocycles. The van der Waals surface area contributed by atoms with E-state index in [0.29, 0.717) is 22.6 Å². The number of carbonyl (C=O) groups excluding carboxylic acids is 2. The normalized spacial score (nSPS) is 14.1. The van der Waals surface area contributed by atoms with E-state index < -0.39 is 0 Å². The lowest BCUT2D eigenvalue weighted by atomic mass is 10.0. The maximum atomic E-state index is 12.3. The van der Waals surface area contributed by atoms with E-state index in [1.807, 2.05) is 43.3 Å². The van der Waals surface area contributed by atoms with Gasteiger partial charge in [0.15, 0.2) is 0 Å². The SMILES string of the molecule is Cc1ccc(CNC(=O)/C=C2\C(=O)Nc3cc(-c4ccncc4)ccc32)o1. The highest BCUT2D eigenvalue weighted by molar-refractivity contribution is 6.34. The van der Waals surface area contributed by atoms with Crippen molar-refractivity contribution in [3.8, 4) is 11.1 Å². The predicted octanol–water partition coefficient (Wildman–Crippen LogP) is 3.30. The van der Waals surface area contributed by atoms with Crippen LogP contribution in [0.3, 0.4) is 0 Å². The molecule has 0 aliphatic carbocycles. The number of nitrogens with zero attached hydrogens (tertiary/aromatic N) is 1. The lowest BCUT2D eigenvalue weighted by Crippen LogP contribution is -2.21. The summed E-state index contributed by atoms with van der Waals surface area (Å²) in [5, 5.41) is 5.55. The van der Waals surface area contributed by atoms with Crippen LogP contribution in [0.25, 0.3) is 16.7 Å². The molecule has 3 aromatic rings. The Balaban J connectivity index is 1.54. The molecular weight excluding hydrogens is 342 g/mol. The maximum absolute atomic E-state index is 12.3. The molecule has 1 aromatic carbocycles. The van der Waals surface area contributed by atoms with Gasteiger partial charge in [0.25, 0.3) is 5.91 Å². The molecular formula is C21H17N3O3. The third kappa shape index (κ3) is 3.50. The van der Waals surface area contributed by atoms with E-state index in [1.54, 1.807) is 18.5 Å². The van der Waals surface area contributed by atoms with Crippen molar-refractivity contribution in [2.75, 3.05) is 5.32 Å². The fourth-order valence-electron chi connectivity index (χ4n) is 3.00. The zero-order valence-electron chi connectivity index (χ0n) is 14.7. The average molecular weight is 359 g/mol. The zero-order valence-corrected chi connectivity index (χ0v) is 14.7. The van der Waals surface area contributed by atoms with Crippen molar-refractivity contribution in [2.24, 2.45) is 0 Å². The third-order valence-electron chi connectivity index (χ3n) is 4.32. The number of aromatic nitrogens is 1. The first-order valence-electron chi connectivity index (χ1n) is 8.51. The second-order valence-corrected chi connectivity index (χ2v) is 6.24. The van der Waals surface area contributed by atoms with E-state index in [-0.39, 0.29) is 18.4 Å². The summed E-state index contributed by atoms with van der Waals surface area (Å²) >= 11 is 0. The Bertz CT molecular complexity index is 1050. The van der Waals surface area contributed by atoms with Crippen LogP contribution < -0.4 is 10.6 Å². The summed E-state index contributed by atoms with van der Waals surface area (Å²) in [4.78, 5) is 28.5. The molecule has 134 valence electrons. The highest BCUT2D eigenvalue weighted by Gasteiger charge is 2.25. The van der Waals surface area contributed by atoms with E-state index in [9.17, 15) is 9.59 Å². The largest absolute Gasteiger partial charge is 0.465 e. The molecule has 2 N–H and O–H groups in total. The van der Waals surface area contributed by atoms with Crippen molar-refractivity contribution >= 4 is 23.1 Å². The second kappa shape index (κ2) is 6.92. The molecule has 4 rings (SSSR count). The smallest absolute Gasteiger partial charge is 0.256 e. The van der Waals surface area contributed by atoms with Gasteiger partial charge < -0.3 is 15.1 Å². The number of benzene rings is 1. The number of pyridine rings is 1. The number of anilines is 1. The first-order valence-corrected chi connectivity index (χ1v) is 8.51. The molecule has 0 bridgehead atoms. The Morgan fingerprint density at radius 1 is 1.15 bits per heavy atom. The van der Waals surface area contributed by atoms with Crippen LogP contribution >= 0.6 is 0 Å². The Hall–Kier alpha value is -3.67. The number of amides is 2. The van der Waals surface area contributed by atoms with Crippen LogP contribution in [0.1, 0.15) is 17.1 Å². The molecule has 0 saturated heterocycles. The Kier molecular flexibility index (Phi) is 4.30. The highest BCUT2D eigenvalue weighted by atomic mass is 16.3. The molecule has 6 heteroatoms. The van der Waals surface area contributed by atoms with Crippen LogP contribution in [0.4, 0.5) is 5.69 Å². The van der Waals surface area contributed by atoms with E-state index in [2.05, 4.69) is 15.6 Å². The number of furan rings is 1. The topological polar surface area (TPSA) is 84.2 Å². The van der Waals surface area contributed by atoms with E-state index in [1.165, 1.54) is 6.08 Å². The van der Waals surface area contributed by atoms with E-state index >= 15 is 0 Å². The van der Waals surface area contributed by atoms with Crippen molar-refractivity contribution < 1.29 is 14.0 Å². The first-order chi connectivity index (χ1) is 13.1. The predicted molar refractivity (Wildman–Crippen MR) is 102 cm³/mol. The number of hydrogen-bond donors (Lipinski definition) is 2. The van der Waals surface area contributed by atoms with Gasteiger partial charge in [-0.2, -0.15) is 0 Å². The minimum atomic E-state index is -0.347. The Morgan fingerprint density at radius 3 is 2.70 bits per heavy atom. The van der Waals surface area contributed by atoms with E-state index in [4.69, 9.17) is 4.42 Å². The maximum Gasteiger partial charge on any atom is 0.256 e. The van der Waals surface area contributed by atoms with Crippen LogP contribution in [0, 0.1) is 6.92 Å². The van der Waals surface area contributed by atoms with Crippen molar-refractivity contribution in [1.29, 1.82) is 0 Å². The molecule has 0 unspecified atom stereocenters. The quantitative estimate of drug-likeness (QED) is 0.700. The zero-order chi connectivity index (χ0) is 18.8. The minimum absolute atomic E-state index is 0.270. The molecule has 0 saturated carbocycles. The first kappa shape index (κ1) is 16.8. The number of aryl methyl sites for hydroxylation is 1. The molecule has 2 aromatic heterocycles. The molecule has 2 amide bonds. The molecule has 0 atom stereocenters. The number of fused-ring (bicyclic) bond motifs is 1. The lowest BCUT2D eigenvalue weighted by molar-refractivity contribution is -0.117. The van der Waals surface area contributed by atoms with Gasteiger partial charge in [-0.25, -0.2) is 0 Å². The summed E-state index contributed by atoms with van der Waals surface area (Å²) in [6.07, 6.45) is 4.76. The number of hydrogen-bond acceptors (Lipinski definition) is 4. The number of nitrogens with one attached hydrogen (secondary N) is 2. The van der Waals surface area contributed by atoms with Crippen molar-refractivity contribution in [2.45, 2.75) is 13.5 Å². The molecule has 1 aliphatic rings. The van der Waals surface area contributed by atoms with Gasteiger partial charge in [0.2, 0.25) is 5.91 Å². The van der Waals surface area contributed by atoms with Crippen molar-refractivity contribution in [3.63, 3.8) is 0 Å². The van der Waals surface area contributed by atoms with Gasteiger partial charge in [-0.3, -0.25) is 14.6 Å². The molecule has 0 radical (unpaired) electrons. The van der Waals surface area contributed by atoms with Gasteiger partial charge in [-0.05, 0) is 48.4 Å². The van der Waals surface area contributed by atoms with Crippen LogP contribution in [0.2, 0.25) is 0 Å². The minimum Gasteiger partial charge on any atom is -0.465 e. The van der Waals surface area contributed by atoms with Crippen LogP contribution in [-0.2, 0) is 16.1 Å². The van der Waals surface area contributed by atoms with Crippen LogP contribution in [-0.4, -0.2) is 16.8 Å². The van der Waals surface area contributed by atoms with Crippen LogP contribution in [0.5, 0.6) is 0 Å². The Labute approximate surface area is 155 Å². The van der Waals surface area contributed by atoms with Gasteiger partial charge in [-0.15, -0.1) is 0 Å². The van der Waals surface area contributed by atoms with Gasteiger partial charge >= 0.3 is 0 Å². The van der Waals surface area contributed by atoms with Crippen LogP contribution in [0.15, 0.2) is 65.4 Å². The number of rotatable bonds is 4. The fraction of sp³-hybridized carbons (Fsp3) is 0.0952. The van der Waals surface area contributed by atoms with Gasteiger partial charge in [0, 0.05) is 29.7 Å². The van der Waals surface area contributed by atoms with Gasteiger partial charge in [-0.1, -0.05) is 12.1 Å². The molecule has 6 nitrogen and oxygen atoms in total. The standard InChI is InChI=1S/C21H17N3O3/c1-13-2-4-16(27-13)12-23-20(25)11-18-17-5-3-15(10-19(17)24-21(18)26)14-6-8-22-9-7-14/h2-11H,12H2,1H3,(H,23,25)(H,24,26)/b18-11-. The second-order valence-electron chi connectivity index (χ2n) is 6.24. The average Bonchev–Trinajstić information content (AvgIpc) is 3.23. The summed E-state index contributed by atoms with van der Waals surface area (Å²) < 4.78 is 5.42. The monoisotopic (exact) mass is 359 g/mol. The third-order valence-corrected chi connectivity index (χ3v) is 4.32. The lowest BCUT2D eigenvalue weighted by Gasteiger charge is -2.04. The summed E-state index contributed by atoms with van der Waals surface area (Å²) in [5.41, 5.74) is 3.72. The van der Waals surface area contributed by atoms with E-state index in [0.717, 1.165) is 16.9 Å². The number of carbonyl (C=O) groups is 2. The summed E-state index contributed by atoms with van der Waals surface area (Å²) in [7, 11) is 0. The molecule has 3 heterocycles. The Morgan fingerprint density at radius 2 is 1.96 bits per heavy atom. The van der Waals surface area contributed by atoms with Gasteiger partial charge in [0.05, 0.1) is 12.1 Å². The summed E-state index contributed by atoms with van der Waals surface area (Å²) in [6, 6.07) is 13.1. The van der Waals surface area contributed by atoms with Crippen molar-refractivity contribution in [3.05, 3.63) is 78.0 Å². The molecule has 0 spiro atoms. The molecule has 0 fully saturated rings.